The molecule has 0 saturated heterocycles. The first-order chi connectivity index (χ1) is 15.6. The fourth-order valence-electron chi connectivity index (χ4n) is 3.37. The van der Waals surface area contributed by atoms with Gasteiger partial charge in [0.25, 0.3) is 11.8 Å². The minimum absolute atomic E-state index is 0.294. The topological polar surface area (TPSA) is 108 Å². The van der Waals surface area contributed by atoms with Crippen LogP contribution in [-0.4, -0.2) is 23.1 Å². The standard InChI is InChI=1S/C25H25N3O4/c29-23(20-11-5-2-6-12-20)27-25(31)26-22(13-7-10-18-8-3-1-4-9-18)19-14-16-21(17-15-19)24(30)28-32/h1-6,8-9,11-12,14-17,22,32H,7,10,13H2,(H,28,30)(H2,26,27,29,31). The predicted molar refractivity (Wildman–Crippen MR) is 120 cm³/mol. The highest BCUT2D eigenvalue weighted by Gasteiger charge is 2.17. The number of aryl methyl sites for hydroxylation is 1. The first-order valence-corrected chi connectivity index (χ1v) is 10.3. The van der Waals surface area contributed by atoms with Crippen molar-refractivity contribution in [3.05, 3.63) is 107 Å². The van der Waals surface area contributed by atoms with Crippen LogP contribution in [0.15, 0.2) is 84.9 Å². The molecule has 4 amide bonds. The third kappa shape index (κ3) is 6.52. The molecule has 0 aliphatic carbocycles. The first-order valence-electron chi connectivity index (χ1n) is 10.3. The Morgan fingerprint density at radius 3 is 1.97 bits per heavy atom. The zero-order valence-electron chi connectivity index (χ0n) is 17.5. The van der Waals surface area contributed by atoms with E-state index in [1.807, 2.05) is 18.2 Å². The molecule has 7 nitrogen and oxygen atoms in total. The van der Waals surface area contributed by atoms with E-state index in [9.17, 15) is 14.4 Å². The molecule has 164 valence electrons. The Morgan fingerprint density at radius 2 is 1.34 bits per heavy atom. The zero-order valence-corrected chi connectivity index (χ0v) is 17.5. The summed E-state index contributed by atoms with van der Waals surface area (Å²) < 4.78 is 0. The molecule has 0 fully saturated rings. The summed E-state index contributed by atoms with van der Waals surface area (Å²) in [5, 5.41) is 14.0. The van der Waals surface area contributed by atoms with E-state index in [4.69, 9.17) is 5.21 Å². The largest absolute Gasteiger partial charge is 0.331 e. The highest BCUT2D eigenvalue weighted by atomic mass is 16.5. The van der Waals surface area contributed by atoms with E-state index in [1.165, 1.54) is 5.56 Å². The van der Waals surface area contributed by atoms with E-state index in [0.29, 0.717) is 17.5 Å². The van der Waals surface area contributed by atoms with Crippen LogP contribution in [0.1, 0.15) is 50.7 Å². The Balaban J connectivity index is 1.68. The average Bonchev–Trinajstić information content (AvgIpc) is 2.84. The van der Waals surface area contributed by atoms with Gasteiger partial charge in [0.15, 0.2) is 0 Å². The highest BCUT2D eigenvalue weighted by Crippen LogP contribution is 2.21. The number of hydrogen-bond acceptors (Lipinski definition) is 4. The minimum atomic E-state index is -0.615. The van der Waals surface area contributed by atoms with Crippen molar-refractivity contribution in [3.8, 4) is 0 Å². The molecule has 3 rings (SSSR count). The Labute approximate surface area is 186 Å². The number of nitrogens with one attached hydrogen (secondary N) is 3. The van der Waals surface area contributed by atoms with Gasteiger partial charge in [-0.1, -0.05) is 60.7 Å². The number of imide groups is 1. The van der Waals surface area contributed by atoms with Gasteiger partial charge in [0.1, 0.15) is 0 Å². The van der Waals surface area contributed by atoms with Gasteiger partial charge in [0, 0.05) is 11.1 Å². The molecule has 0 spiro atoms. The van der Waals surface area contributed by atoms with E-state index in [0.717, 1.165) is 18.4 Å². The highest BCUT2D eigenvalue weighted by molar-refractivity contribution is 6.04. The van der Waals surface area contributed by atoms with E-state index in [2.05, 4.69) is 22.8 Å². The number of carbonyl (C=O) groups excluding carboxylic acids is 3. The van der Waals surface area contributed by atoms with Gasteiger partial charge in [0.05, 0.1) is 6.04 Å². The molecule has 0 heterocycles. The second-order valence-electron chi connectivity index (χ2n) is 7.29. The van der Waals surface area contributed by atoms with Gasteiger partial charge in [0.2, 0.25) is 0 Å². The van der Waals surface area contributed by atoms with Crippen molar-refractivity contribution in [2.24, 2.45) is 0 Å². The number of rotatable bonds is 8. The lowest BCUT2D eigenvalue weighted by Gasteiger charge is -2.20. The fraction of sp³-hybridized carbons (Fsp3) is 0.160. The molecule has 0 radical (unpaired) electrons. The van der Waals surface area contributed by atoms with Crippen LogP contribution >= 0.6 is 0 Å². The molecule has 0 aliphatic heterocycles. The SMILES string of the molecule is O=C(NC(=O)c1ccccc1)NC(CCCc1ccccc1)c1ccc(C(=O)NO)cc1. The number of urea groups is 1. The lowest BCUT2D eigenvalue weighted by atomic mass is 9.98. The summed E-state index contributed by atoms with van der Waals surface area (Å²) in [5.74, 6) is -1.10. The Hall–Kier alpha value is -3.97. The number of hydrogen-bond donors (Lipinski definition) is 4. The summed E-state index contributed by atoms with van der Waals surface area (Å²) in [6.07, 6.45) is 2.28. The molecule has 0 bridgehead atoms. The van der Waals surface area contributed by atoms with Crippen LogP contribution in [0.3, 0.4) is 0 Å². The van der Waals surface area contributed by atoms with E-state index in [1.54, 1.807) is 60.1 Å². The monoisotopic (exact) mass is 431 g/mol. The van der Waals surface area contributed by atoms with Gasteiger partial charge in [-0.2, -0.15) is 0 Å². The summed E-state index contributed by atoms with van der Waals surface area (Å²) in [4.78, 5) is 36.4. The molecular weight excluding hydrogens is 406 g/mol. The second kappa shape index (κ2) is 11.4. The van der Waals surface area contributed by atoms with Crippen LogP contribution in [0.4, 0.5) is 4.79 Å². The molecule has 4 N–H and O–H groups in total. The van der Waals surface area contributed by atoms with Gasteiger partial charge >= 0.3 is 6.03 Å². The van der Waals surface area contributed by atoms with Crippen molar-refractivity contribution in [3.63, 3.8) is 0 Å². The lowest BCUT2D eigenvalue weighted by Crippen LogP contribution is -2.41. The molecule has 0 aromatic heterocycles. The van der Waals surface area contributed by atoms with Crippen molar-refractivity contribution in [1.82, 2.24) is 16.1 Å². The summed E-state index contributed by atoms with van der Waals surface area (Å²) in [5.41, 5.74) is 4.27. The van der Waals surface area contributed by atoms with Crippen molar-refractivity contribution in [2.75, 3.05) is 0 Å². The van der Waals surface area contributed by atoms with Crippen molar-refractivity contribution < 1.29 is 19.6 Å². The summed E-state index contributed by atoms with van der Waals surface area (Å²) in [7, 11) is 0. The van der Waals surface area contributed by atoms with Gasteiger partial charge < -0.3 is 5.32 Å². The predicted octanol–water partition coefficient (Wildman–Crippen LogP) is 4.01. The molecule has 3 aromatic rings. The molecule has 32 heavy (non-hydrogen) atoms. The second-order valence-corrected chi connectivity index (χ2v) is 7.29. The molecule has 1 unspecified atom stereocenters. The van der Waals surface area contributed by atoms with Crippen LogP contribution < -0.4 is 16.1 Å². The van der Waals surface area contributed by atoms with Crippen molar-refractivity contribution in [2.45, 2.75) is 25.3 Å². The summed E-state index contributed by atoms with van der Waals surface area (Å²) >= 11 is 0. The normalized spacial score (nSPS) is 11.3. The summed E-state index contributed by atoms with van der Waals surface area (Å²) in [6, 6.07) is 24.2. The maximum atomic E-state index is 12.5. The summed E-state index contributed by atoms with van der Waals surface area (Å²) in [6.45, 7) is 0. The van der Waals surface area contributed by atoms with Crippen LogP contribution in [0.2, 0.25) is 0 Å². The zero-order chi connectivity index (χ0) is 22.8. The number of amides is 4. The minimum Gasteiger partial charge on any atom is -0.331 e. The lowest BCUT2D eigenvalue weighted by molar-refractivity contribution is 0.0706. The number of hydroxylamine groups is 1. The molecular formula is C25H25N3O4. The fourth-order valence-corrected chi connectivity index (χ4v) is 3.37. The average molecular weight is 431 g/mol. The molecule has 0 aliphatic rings. The number of carbonyl (C=O) groups is 3. The maximum Gasteiger partial charge on any atom is 0.322 e. The maximum absolute atomic E-state index is 12.5. The van der Waals surface area contributed by atoms with Crippen LogP contribution in [0, 0.1) is 0 Å². The van der Waals surface area contributed by atoms with Crippen molar-refractivity contribution in [1.29, 1.82) is 0 Å². The van der Waals surface area contributed by atoms with E-state index >= 15 is 0 Å². The van der Waals surface area contributed by atoms with Gasteiger partial charge in [-0.05, 0) is 54.7 Å². The Bertz CT molecular complexity index is 1040. The number of benzene rings is 3. The molecule has 1 atom stereocenters. The molecule has 3 aromatic carbocycles. The third-order valence-electron chi connectivity index (χ3n) is 5.05. The van der Waals surface area contributed by atoms with Gasteiger partial charge in [-0.15, -0.1) is 0 Å². The van der Waals surface area contributed by atoms with E-state index in [-0.39, 0.29) is 6.04 Å². The first kappa shape index (κ1) is 22.7. The Morgan fingerprint density at radius 1 is 0.750 bits per heavy atom. The van der Waals surface area contributed by atoms with Crippen molar-refractivity contribution >= 4 is 17.8 Å². The van der Waals surface area contributed by atoms with Crippen LogP contribution in [0.5, 0.6) is 0 Å². The van der Waals surface area contributed by atoms with Gasteiger partial charge in [-0.25, -0.2) is 10.3 Å². The van der Waals surface area contributed by atoms with Crippen LogP contribution in [0.25, 0.3) is 0 Å². The van der Waals surface area contributed by atoms with Gasteiger partial charge in [-0.3, -0.25) is 20.1 Å². The third-order valence-corrected chi connectivity index (χ3v) is 5.05. The molecule has 0 saturated carbocycles. The molecule has 7 heteroatoms. The smallest absolute Gasteiger partial charge is 0.322 e. The Kier molecular flexibility index (Phi) is 8.11. The quantitative estimate of drug-likeness (QED) is 0.319. The van der Waals surface area contributed by atoms with E-state index < -0.39 is 17.8 Å². The van der Waals surface area contributed by atoms with Crippen LogP contribution in [-0.2, 0) is 6.42 Å².